The van der Waals surface area contributed by atoms with E-state index in [1.807, 2.05) is 39.0 Å². The maximum Gasteiger partial charge on any atom is 0.190 e. The summed E-state index contributed by atoms with van der Waals surface area (Å²) in [4.78, 5) is 10.9. The number of nitrogens with zero attached hydrogens (tertiary/aromatic N) is 1. The number of hydrogen-bond acceptors (Lipinski definition) is 6. The Hall–Kier alpha value is -1.86. The van der Waals surface area contributed by atoms with Crippen LogP contribution >= 0.6 is 0 Å². The van der Waals surface area contributed by atoms with E-state index in [0.29, 0.717) is 6.61 Å². The van der Waals surface area contributed by atoms with Crippen LogP contribution in [0.5, 0.6) is 0 Å². The van der Waals surface area contributed by atoms with E-state index in [-0.39, 0.29) is 6.54 Å². The average molecular weight is 357 g/mol. The number of ether oxygens (including phenoxy) is 4. The standard InChI is InChI=1S/C20H23NO5/c1-19(2)24-16-17(20(3,12-21-22)26-18(16)25-19)23-11-13-8-9-14-6-4-5-7-15(14)10-13/h4-10,16-18H,11-12H2,1-3H3/t16-,17+,18+,20-/m1/s1. The van der Waals surface area contributed by atoms with Crippen LogP contribution in [0.4, 0.5) is 0 Å². The molecule has 2 fully saturated rings. The van der Waals surface area contributed by atoms with Crippen molar-refractivity contribution >= 4 is 10.8 Å². The lowest BCUT2D eigenvalue weighted by atomic mass is 9.97. The highest BCUT2D eigenvalue weighted by Crippen LogP contribution is 2.44. The molecule has 2 aromatic carbocycles. The zero-order valence-corrected chi connectivity index (χ0v) is 15.2. The van der Waals surface area contributed by atoms with Crippen LogP contribution in [-0.4, -0.2) is 36.4 Å². The number of hydrogen-bond donors (Lipinski definition) is 0. The van der Waals surface area contributed by atoms with Gasteiger partial charge < -0.3 is 18.9 Å². The van der Waals surface area contributed by atoms with Gasteiger partial charge in [0.1, 0.15) is 24.4 Å². The molecular formula is C20H23NO5. The van der Waals surface area contributed by atoms with E-state index in [2.05, 4.69) is 29.4 Å². The maximum absolute atomic E-state index is 10.9. The molecule has 6 heteroatoms. The Morgan fingerprint density at radius 3 is 2.58 bits per heavy atom. The van der Waals surface area contributed by atoms with Gasteiger partial charge in [-0.15, -0.1) is 0 Å². The smallest absolute Gasteiger partial charge is 0.190 e. The zero-order chi connectivity index (χ0) is 18.4. The highest BCUT2D eigenvalue weighted by Gasteiger charge is 2.60. The van der Waals surface area contributed by atoms with Crippen LogP contribution in [0.25, 0.3) is 10.8 Å². The quantitative estimate of drug-likeness (QED) is 0.762. The first-order valence-corrected chi connectivity index (χ1v) is 8.82. The summed E-state index contributed by atoms with van der Waals surface area (Å²) in [7, 11) is 0. The van der Waals surface area contributed by atoms with E-state index >= 15 is 0 Å². The molecule has 2 saturated heterocycles. The van der Waals surface area contributed by atoms with Crippen molar-refractivity contribution < 1.29 is 18.9 Å². The Morgan fingerprint density at radius 1 is 1.04 bits per heavy atom. The van der Waals surface area contributed by atoms with E-state index in [1.165, 1.54) is 5.39 Å². The lowest BCUT2D eigenvalue weighted by molar-refractivity contribution is -0.238. The molecule has 0 aromatic heterocycles. The highest BCUT2D eigenvalue weighted by atomic mass is 16.8. The first kappa shape index (κ1) is 17.5. The van der Waals surface area contributed by atoms with Crippen LogP contribution in [0, 0.1) is 4.91 Å². The maximum atomic E-state index is 10.9. The minimum absolute atomic E-state index is 0.0183. The molecule has 0 amide bonds. The van der Waals surface area contributed by atoms with Gasteiger partial charge in [0, 0.05) is 0 Å². The van der Waals surface area contributed by atoms with Crippen molar-refractivity contribution in [2.75, 3.05) is 6.54 Å². The van der Waals surface area contributed by atoms with Gasteiger partial charge in [0.15, 0.2) is 12.1 Å². The molecule has 0 spiro atoms. The van der Waals surface area contributed by atoms with Crippen molar-refractivity contribution in [1.29, 1.82) is 0 Å². The van der Waals surface area contributed by atoms with Crippen LogP contribution in [0.2, 0.25) is 0 Å². The number of nitroso groups, excluding NO2 is 1. The fraction of sp³-hybridized carbons (Fsp3) is 0.500. The van der Waals surface area contributed by atoms with Gasteiger partial charge in [-0.2, -0.15) is 4.91 Å². The molecule has 4 rings (SSSR count). The monoisotopic (exact) mass is 357 g/mol. The van der Waals surface area contributed by atoms with E-state index in [0.717, 1.165) is 10.9 Å². The second kappa shape index (κ2) is 6.39. The molecule has 0 radical (unpaired) electrons. The van der Waals surface area contributed by atoms with E-state index in [9.17, 15) is 4.91 Å². The second-order valence-electron chi connectivity index (χ2n) is 7.60. The van der Waals surface area contributed by atoms with Crippen LogP contribution in [-0.2, 0) is 25.6 Å². The summed E-state index contributed by atoms with van der Waals surface area (Å²) >= 11 is 0. The minimum Gasteiger partial charge on any atom is -0.368 e. The van der Waals surface area contributed by atoms with E-state index in [1.54, 1.807) is 0 Å². The SMILES string of the molecule is CC1(C)O[C@H]2O[C@](C)(CN=O)[C@@H](OCc3ccc4ccccc4c3)[C@H]2O1. The first-order valence-electron chi connectivity index (χ1n) is 8.82. The van der Waals surface area contributed by atoms with E-state index in [4.69, 9.17) is 18.9 Å². The Morgan fingerprint density at radius 2 is 1.81 bits per heavy atom. The lowest BCUT2D eigenvalue weighted by Crippen LogP contribution is -2.46. The third-order valence-electron chi connectivity index (χ3n) is 5.00. The van der Waals surface area contributed by atoms with Gasteiger partial charge >= 0.3 is 0 Å². The van der Waals surface area contributed by atoms with Gasteiger partial charge in [0.2, 0.25) is 0 Å². The van der Waals surface area contributed by atoms with Crippen LogP contribution < -0.4 is 0 Å². The predicted octanol–water partition coefficient (Wildman–Crippen LogP) is 3.76. The third kappa shape index (κ3) is 3.14. The van der Waals surface area contributed by atoms with Crippen molar-refractivity contribution in [3.8, 4) is 0 Å². The minimum atomic E-state index is -0.871. The molecular weight excluding hydrogens is 334 g/mol. The van der Waals surface area contributed by atoms with Gasteiger partial charge in [0.05, 0.1) is 6.61 Å². The summed E-state index contributed by atoms with van der Waals surface area (Å²) in [6, 6.07) is 14.4. The molecule has 26 heavy (non-hydrogen) atoms. The summed E-state index contributed by atoms with van der Waals surface area (Å²) in [6.45, 7) is 5.86. The Balaban J connectivity index is 1.54. The van der Waals surface area contributed by atoms with Crippen molar-refractivity contribution in [2.45, 2.75) is 57.3 Å². The number of rotatable bonds is 5. The van der Waals surface area contributed by atoms with Gasteiger partial charge in [0.25, 0.3) is 0 Å². The normalized spacial score (nSPS) is 32.7. The topological polar surface area (TPSA) is 66.4 Å². The Kier molecular flexibility index (Phi) is 4.31. The summed E-state index contributed by atoms with van der Waals surface area (Å²) < 4.78 is 23.9. The zero-order valence-electron chi connectivity index (χ0n) is 15.2. The summed E-state index contributed by atoms with van der Waals surface area (Å²) in [6.07, 6.45) is -1.39. The summed E-state index contributed by atoms with van der Waals surface area (Å²) in [5.74, 6) is -0.740. The average Bonchev–Trinajstić information content (AvgIpc) is 3.00. The van der Waals surface area contributed by atoms with Crippen LogP contribution in [0.15, 0.2) is 47.6 Å². The molecule has 2 aromatic rings. The van der Waals surface area contributed by atoms with Crippen molar-refractivity contribution in [1.82, 2.24) is 0 Å². The number of fused-ring (bicyclic) bond motifs is 2. The first-order chi connectivity index (χ1) is 12.4. The lowest BCUT2D eigenvalue weighted by Gasteiger charge is -2.31. The second-order valence-corrected chi connectivity index (χ2v) is 7.60. The molecule has 2 aliphatic heterocycles. The van der Waals surface area contributed by atoms with Crippen molar-refractivity contribution in [2.24, 2.45) is 5.18 Å². The fourth-order valence-electron chi connectivity index (χ4n) is 3.77. The van der Waals surface area contributed by atoms with Gasteiger partial charge in [-0.25, -0.2) is 0 Å². The fourth-order valence-corrected chi connectivity index (χ4v) is 3.77. The van der Waals surface area contributed by atoms with Crippen LogP contribution in [0.3, 0.4) is 0 Å². The van der Waals surface area contributed by atoms with Gasteiger partial charge in [-0.1, -0.05) is 41.6 Å². The molecule has 0 saturated carbocycles. The van der Waals surface area contributed by atoms with Crippen molar-refractivity contribution in [3.05, 3.63) is 52.9 Å². The molecule has 0 aliphatic carbocycles. The summed E-state index contributed by atoms with van der Waals surface area (Å²) in [5, 5.41) is 5.38. The van der Waals surface area contributed by atoms with Crippen molar-refractivity contribution in [3.63, 3.8) is 0 Å². The molecule has 0 N–H and O–H groups in total. The molecule has 2 aliphatic rings. The predicted molar refractivity (Wildman–Crippen MR) is 96.5 cm³/mol. The van der Waals surface area contributed by atoms with Crippen LogP contribution in [0.1, 0.15) is 26.3 Å². The molecule has 6 nitrogen and oxygen atoms in total. The largest absolute Gasteiger partial charge is 0.368 e. The molecule has 4 atom stereocenters. The van der Waals surface area contributed by atoms with E-state index < -0.39 is 29.9 Å². The van der Waals surface area contributed by atoms with Gasteiger partial charge in [-0.05, 0) is 43.2 Å². The van der Waals surface area contributed by atoms with Gasteiger partial charge in [-0.3, -0.25) is 0 Å². The number of benzene rings is 2. The Labute approximate surface area is 152 Å². The molecule has 0 bridgehead atoms. The third-order valence-corrected chi connectivity index (χ3v) is 5.00. The molecule has 0 unspecified atom stereocenters. The molecule has 138 valence electrons. The highest BCUT2D eigenvalue weighted by molar-refractivity contribution is 5.82. The summed E-state index contributed by atoms with van der Waals surface area (Å²) in [5.41, 5.74) is 0.177. The molecule has 2 heterocycles. The Bertz CT molecular complexity index is 823.